The predicted octanol–water partition coefficient (Wildman–Crippen LogP) is 4.38. The molecule has 2 aromatic carbocycles. The Morgan fingerprint density at radius 1 is 1.41 bits per heavy atom. The highest BCUT2D eigenvalue weighted by Crippen LogP contribution is 2.46. The summed E-state index contributed by atoms with van der Waals surface area (Å²) in [6.45, 7) is 3.79. The molecule has 3 rings (SSSR count). The summed E-state index contributed by atoms with van der Waals surface area (Å²) in [6, 6.07) is 8.58. The number of phenols is 1. The van der Waals surface area contributed by atoms with Gasteiger partial charge < -0.3 is 15.6 Å². The Kier molecular flexibility index (Phi) is 5.49. The molecule has 1 fully saturated rings. The smallest absolute Gasteiger partial charge is 0.308 e. The molecular weight excluding hydrogens is 365 g/mol. The van der Waals surface area contributed by atoms with Crippen LogP contribution in [-0.4, -0.2) is 17.7 Å². The van der Waals surface area contributed by atoms with E-state index in [-0.39, 0.29) is 30.3 Å². The normalized spacial score (nSPS) is 16.0. The summed E-state index contributed by atoms with van der Waals surface area (Å²) >= 11 is 4.40. The third-order valence-corrected chi connectivity index (χ3v) is 5.24. The van der Waals surface area contributed by atoms with Crippen LogP contribution in [0.5, 0.6) is 5.75 Å². The Labute approximate surface area is 163 Å². The molecule has 3 N–H and O–H groups in total. The van der Waals surface area contributed by atoms with Crippen LogP contribution in [0.3, 0.4) is 0 Å². The number of hydrogen-bond donors (Lipinski definition) is 3. The summed E-state index contributed by atoms with van der Waals surface area (Å²) in [5.41, 5.74) is 9.09. The van der Waals surface area contributed by atoms with Gasteiger partial charge in [-0.1, -0.05) is 12.1 Å². The third kappa shape index (κ3) is 4.12. The summed E-state index contributed by atoms with van der Waals surface area (Å²) < 4.78 is 20.2. The molecular formula is C21H24FNO3S. The molecule has 4 nitrogen and oxygen atoms in total. The molecule has 0 saturated heterocycles. The first-order valence-corrected chi connectivity index (χ1v) is 9.49. The highest BCUT2D eigenvalue weighted by Gasteiger charge is 2.35. The lowest BCUT2D eigenvalue weighted by Gasteiger charge is -2.26. The van der Waals surface area contributed by atoms with Crippen molar-refractivity contribution in [3.05, 3.63) is 52.8 Å². The summed E-state index contributed by atoms with van der Waals surface area (Å²) in [4.78, 5) is 10.4. The van der Waals surface area contributed by atoms with Crippen molar-refractivity contribution in [3.8, 4) is 16.9 Å². The van der Waals surface area contributed by atoms with Crippen molar-refractivity contribution in [1.82, 2.24) is 0 Å². The van der Waals surface area contributed by atoms with E-state index in [1.54, 1.807) is 31.2 Å². The molecule has 6 heteroatoms. The summed E-state index contributed by atoms with van der Waals surface area (Å²) in [6.07, 6.45) is 1.55. The van der Waals surface area contributed by atoms with Gasteiger partial charge in [-0.3, -0.25) is 4.79 Å². The number of phenolic OH excluding ortho intramolecular Hbond substituents is 1. The van der Waals surface area contributed by atoms with Crippen LogP contribution < -0.4 is 5.73 Å². The van der Waals surface area contributed by atoms with Gasteiger partial charge in [0.15, 0.2) is 0 Å². The fraction of sp³-hybridized carbons (Fsp3) is 0.381. The van der Waals surface area contributed by atoms with Gasteiger partial charge in [-0.2, -0.15) is 12.6 Å². The van der Waals surface area contributed by atoms with Gasteiger partial charge >= 0.3 is 5.97 Å². The maximum absolute atomic E-state index is 15.2. The first-order chi connectivity index (χ1) is 12.7. The van der Waals surface area contributed by atoms with Crippen LogP contribution in [0, 0.1) is 12.7 Å². The average Bonchev–Trinajstić information content (AvgIpc) is 3.40. The lowest BCUT2D eigenvalue weighted by Crippen LogP contribution is -2.35. The fourth-order valence-electron chi connectivity index (χ4n) is 3.35. The maximum Gasteiger partial charge on any atom is 0.308 e. The van der Waals surface area contributed by atoms with E-state index in [9.17, 15) is 9.90 Å². The van der Waals surface area contributed by atoms with E-state index < -0.39 is 16.7 Å². The topological polar surface area (TPSA) is 72.5 Å². The van der Waals surface area contributed by atoms with Crippen LogP contribution in [0.2, 0.25) is 0 Å². The molecule has 0 amide bonds. The number of aromatic hydroxyl groups is 1. The number of ether oxygens (including phenoxy) is 1. The van der Waals surface area contributed by atoms with Crippen LogP contribution in [0.1, 0.15) is 48.8 Å². The Bertz CT molecular complexity index is 858. The molecule has 1 aliphatic rings. The van der Waals surface area contributed by atoms with Gasteiger partial charge in [0, 0.05) is 11.1 Å². The Balaban J connectivity index is 2.14. The Morgan fingerprint density at radius 3 is 2.70 bits per heavy atom. The Hall–Kier alpha value is -2.05. The molecule has 0 radical (unpaired) electrons. The molecule has 0 bridgehead atoms. The number of esters is 1. The maximum atomic E-state index is 15.2. The van der Waals surface area contributed by atoms with Crippen LogP contribution in [-0.2, 0) is 14.4 Å². The zero-order valence-electron chi connectivity index (χ0n) is 15.5. The van der Waals surface area contributed by atoms with E-state index in [1.165, 1.54) is 0 Å². The first-order valence-electron chi connectivity index (χ1n) is 9.04. The number of benzene rings is 2. The van der Waals surface area contributed by atoms with Gasteiger partial charge in [0.05, 0.1) is 17.9 Å². The van der Waals surface area contributed by atoms with Crippen molar-refractivity contribution in [3.63, 3.8) is 0 Å². The molecule has 2 aromatic rings. The highest BCUT2D eigenvalue weighted by atomic mass is 32.1. The van der Waals surface area contributed by atoms with Crippen LogP contribution in [0.15, 0.2) is 30.3 Å². The van der Waals surface area contributed by atoms with Crippen molar-refractivity contribution in [2.75, 3.05) is 6.61 Å². The minimum Gasteiger partial charge on any atom is -0.507 e. The summed E-state index contributed by atoms with van der Waals surface area (Å²) in [5.74, 6) is -0.731. The van der Waals surface area contributed by atoms with Gasteiger partial charge in [-0.15, -0.1) is 0 Å². The average molecular weight is 389 g/mol. The quantitative estimate of drug-likeness (QED) is 0.389. The van der Waals surface area contributed by atoms with Crippen molar-refractivity contribution < 1.29 is 19.0 Å². The van der Waals surface area contributed by atoms with Crippen molar-refractivity contribution >= 4 is 18.6 Å². The molecule has 0 spiro atoms. The monoisotopic (exact) mass is 389 g/mol. The van der Waals surface area contributed by atoms with Crippen LogP contribution in [0.25, 0.3) is 11.1 Å². The minimum atomic E-state index is -1.52. The number of halogens is 1. The van der Waals surface area contributed by atoms with Gasteiger partial charge in [-0.05, 0) is 67.5 Å². The zero-order valence-corrected chi connectivity index (χ0v) is 16.4. The molecule has 0 unspecified atom stereocenters. The second kappa shape index (κ2) is 7.52. The molecule has 1 atom stereocenters. The molecule has 144 valence electrons. The number of nitrogens with two attached hydrogens (primary N) is 1. The second-order valence-corrected chi connectivity index (χ2v) is 7.87. The van der Waals surface area contributed by atoms with E-state index >= 15 is 4.39 Å². The van der Waals surface area contributed by atoms with Crippen molar-refractivity contribution in [2.24, 2.45) is 5.73 Å². The standard InChI is InChI=1S/C21H24FNO3S/c1-3-26-18(25)11-21(23,27)16-10-14(9-15(20(16)22)13-7-8-13)19-12(2)5-4-6-17(19)24/h4-6,9-10,13,24,27H,3,7-8,11,23H2,1-2H3/t21-/m0/s1. The lowest BCUT2D eigenvalue weighted by atomic mass is 9.90. The Morgan fingerprint density at radius 2 is 2.11 bits per heavy atom. The van der Waals surface area contributed by atoms with Gasteiger partial charge in [-0.25, -0.2) is 4.39 Å². The van der Waals surface area contributed by atoms with Gasteiger partial charge in [0.25, 0.3) is 0 Å². The number of thiol groups is 1. The zero-order chi connectivity index (χ0) is 19.8. The van der Waals surface area contributed by atoms with Crippen LogP contribution >= 0.6 is 12.6 Å². The number of carbonyl (C=O) groups excluding carboxylic acids is 1. The molecule has 1 saturated carbocycles. The van der Waals surface area contributed by atoms with Crippen LogP contribution in [0.4, 0.5) is 4.39 Å². The molecule has 0 aromatic heterocycles. The molecule has 0 aliphatic heterocycles. The molecule has 27 heavy (non-hydrogen) atoms. The predicted molar refractivity (Wildman–Crippen MR) is 106 cm³/mol. The third-order valence-electron chi connectivity index (χ3n) is 4.84. The second-order valence-electron chi connectivity index (χ2n) is 7.08. The van der Waals surface area contributed by atoms with E-state index in [2.05, 4.69) is 12.6 Å². The lowest BCUT2D eigenvalue weighted by molar-refractivity contribution is -0.143. The molecule has 1 aliphatic carbocycles. The van der Waals surface area contributed by atoms with E-state index in [0.29, 0.717) is 16.7 Å². The minimum absolute atomic E-state index is 0.112. The summed E-state index contributed by atoms with van der Waals surface area (Å²) in [5, 5.41) is 10.4. The van der Waals surface area contributed by atoms with Gasteiger partial charge in [0.2, 0.25) is 0 Å². The summed E-state index contributed by atoms with van der Waals surface area (Å²) in [7, 11) is 0. The number of carbonyl (C=O) groups is 1. The number of aryl methyl sites for hydroxylation is 1. The molecule has 0 heterocycles. The highest BCUT2D eigenvalue weighted by molar-refractivity contribution is 7.81. The van der Waals surface area contributed by atoms with Crippen molar-refractivity contribution in [2.45, 2.75) is 43.9 Å². The van der Waals surface area contributed by atoms with Gasteiger partial charge in [0.1, 0.15) is 11.6 Å². The largest absolute Gasteiger partial charge is 0.507 e. The van der Waals surface area contributed by atoms with Crippen molar-refractivity contribution in [1.29, 1.82) is 0 Å². The number of hydrogen-bond acceptors (Lipinski definition) is 5. The first kappa shape index (κ1) is 19.7. The van der Waals surface area contributed by atoms with E-state index in [1.807, 2.05) is 13.0 Å². The fourth-order valence-corrected chi connectivity index (χ4v) is 3.64. The SMILES string of the molecule is CCOC(=O)C[C@](N)(S)c1cc(-c2c(C)cccc2O)cc(C2CC2)c1F. The van der Waals surface area contributed by atoms with E-state index in [0.717, 1.165) is 18.4 Å². The number of rotatable bonds is 6. The van der Waals surface area contributed by atoms with E-state index in [4.69, 9.17) is 10.5 Å².